The number of rotatable bonds is 22. The van der Waals surface area contributed by atoms with Crippen LogP contribution in [0.1, 0.15) is 110 Å². The minimum atomic E-state index is -0.328. The summed E-state index contributed by atoms with van der Waals surface area (Å²) in [5, 5.41) is 5.60. The Bertz CT molecular complexity index is 1850. The van der Waals surface area contributed by atoms with Crippen LogP contribution in [0.5, 0.6) is 11.5 Å². The van der Waals surface area contributed by atoms with Crippen molar-refractivity contribution in [3.05, 3.63) is 138 Å². The third-order valence-electron chi connectivity index (χ3n) is 9.01. The highest BCUT2D eigenvalue weighted by Gasteiger charge is 2.10. The zero-order valence-corrected chi connectivity index (χ0v) is 32.6. The van der Waals surface area contributed by atoms with Crippen LogP contribution in [0.15, 0.2) is 125 Å². The summed E-state index contributed by atoms with van der Waals surface area (Å²) >= 11 is 0. The van der Waals surface area contributed by atoms with Gasteiger partial charge >= 0.3 is 0 Å². The molecule has 0 radical (unpaired) electrons. The molecule has 1 aromatic heterocycles. The predicted octanol–water partition coefficient (Wildman–Crippen LogP) is 11.8. The summed E-state index contributed by atoms with van der Waals surface area (Å²) in [6.45, 7) is 5.89. The van der Waals surface area contributed by atoms with Gasteiger partial charge in [0.2, 0.25) is 0 Å². The highest BCUT2D eigenvalue weighted by Crippen LogP contribution is 2.19. The molecule has 0 fully saturated rings. The molecule has 9 nitrogen and oxygen atoms in total. The number of aromatic nitrogens is 1. The minimum absolute atomic E-state index is 0.311. The number of ether oxygens (including phenoxy) is 2. The fourth-order valence-electron chi connectivity index (χ4n) is 5.74. The molecular weight excluding hydrogens is 699 g/mol. The molecule has 5 rings (SSSR count). The second-order valence-corrected chi connectivity index (χ2v) is 13.6. The van der Waals surface area contributed by atoms with Gasteiger partial charge in [-0.25, -0.2) is 4.98 Å². The SMILES string of the molecule is CCCCCCCOc1ccc(C=Nc2ccc(C(=O)Nc3cccc(NC(=O)c4ccc(N=Cc5ccc(OCCCCCCC)cc5)cc4)n3)cc2)cc1. The van der Waals surface area contributed by atoms with E-state index >= 15 is 0 Å². The van der Waals surface area contributed by atoms with Crippen molar-refractivity contribution in [1.82, 2.24) is 4.98 Å². The first-order chi connectivity index (χ1) is 27.5. The first kappa shape index (κ1) is 41.1. The maximum atomic E-state index is 13.0. The van der Waals surface area contributed by atoms with E-state index < -0.39 is 0 Å². The number of carbonyl (C=O) groups excluding carboxylic acids is 2. The number of anilines is 2. The van der Waals surface area contributed by atoms with Crippen LogP contribution in [0, 0.1) is 0 Å². The minimum Gasteiger partial charge on any atom is -0.494 e. The molecule has 0 atom stereocenters. The van der Waals surface area contributed by atoms with E-state index in [4.69, 9.17) is 9.47 Å². The molecule has 0 aliphatic heterocycles. The van der Waals surface area contributed by atoms with Crippen molar-refractivity contribution in [2.75, 3.05) is 23.8 Å². The standard InChI is InChI=1S/C47H53N5O4/c1-3-5-7-9-11-32-55-42-28-16-36(17-29-42)34-48-40-24-20-38(21-25-40)46(53)51-44-14-13-15-45(50-44)52-47(54)39-22-26-41(27-23-39)49-35-37-18-30-43(31-19-37)56-33-12-10-8-6-4-2/h13-31,34-35H,3-12,32-33H2,1-2H3,(H2,50,51,52,53,54). The average Bonchev–Trinajstić information content (AvgIpc) is 3.23. The number of nitrogens with one attached hydrogen (secondary N) is 2. The van der Waals surface area contributed by atoms with Gasteiger partial charge in [-0.2, -0.15) is 0 Å². The fourth-order valence-corrected chi connectivity index (χ4v) is 5.74. The maximum absolute atomic E-state index is 13.0. The molecule has 56 heavy (non-hydrogen) atoms. The van der Waals surface area contributed by atoms with Crippen molar-refractivity contribution in [1.29, 1.82) is 0 Å². The number of hydrogen-bond donors (Lipinski definition) is 2. The molecule has 0 saturated heterocycles. The molecule has 1 heterocycles. The number of benzene rings is 4. The second-order valence-electron chi connectivity index (χ2n) is 13.6. The Morgan fingerprint density at radius 3 is 1.30 bits per heavy atom. The van der Waals surface area contributed by atoms with Gasteiger partial charge in [-0.05, 0) is 133 Å². The Balaban J connectivity index is 1.05. The number of nitrogens with zero attached hydrogens (tertiary/aromatic N) is 3. The van der Waals surface area contributed by atoms with E-state index in [1.54, 1.807) is 79.2 Å². The molecular formula is C47H53N5O4. The van der Waals surface area contributed by atoms with Crippen LogP contribution in [0.3, 0.4) is 0 Å². The molecule has 5 aromatic rings. The maximum Gasteiger partial charge on any atom is 0.256 e. The summed E-state index contributed by atoms with van der Waals surface area (Å²) < 4.78 is 11.7. The second kappa shape index (κ2) is 23.0. The summed E-state index contributed by atoms with van der Waals surface area (Å²) in [6, 6.07) is 34.7. The van der Waals surface area contributed by atoms with E-state index in [0.29, 0.717) is 22.8 Å². The monoisotopic (exact) mass is 751 g/mol. The van der Waals surface area contributed by atoms with Crippen LogP contribution in [0.2, 0.25) is 0 Å². The Morgan fingerprint density at radius 2 is 0.911 bits per heavy atom. The Labute approximate surface area is 331 Å². The predicted molar refractivity (Wildman–Crippen MR) is 229 cm³/mol. The van der Waals surface area contributed by atoms with E-state index in [2.05, 4.69) is 39.4 Å². The van der Waals surface area contributed by atoms with Crippen molar-refractivity contribution in [2.45, 2.75) is 78.1 Å². The van der Waals surface area contributed by atoms with Crippen LogP contribution in [0.25, 0.3) is 0 Å². The van der Waals surface area contributed by atoms with E-state index in [1.165, 1.54) is 51.4 Å². The van der Waals surface area contributed by atoms with Gasteiger partial charge < -0.3 is 20.1 Å². The van der Waals surface area contributed by atoms with Crippen LogP contribution in [-0.4, -0.2) is 42.4 Å². The summed E-state index contributed by atoms with van der Waals surface area (Å²) in [7, 11) is 0. The summed E-state index contributed by atoms with van der Waals surface area (Å²) in [5.41, 5.74) is 4.25. The molecule has 2 N–H and O–H groups in total. The molecule has 2 amide bonds. The highest BCUT2D eigenvalue weighted by atomic mass is 16.5. The van der Waals surface area contributed by atoms with Crippen LogP contribution >= 0.6 is 0 Å². The van der Waals surface area contributed by atoms with Gasteiger partial charge in [0.05, 0.1) is 24.6 Å². The van der Waals surface area contributed by atoms with Crippen molar-refractivity contribution >= 4 is 47.3 Å². The van der Waals surface area contributed by atoms with Crippen LogP contribution in [-0.2, 0) is 0 Å². The Kier molecular flexibility index (Phi) is 16.9. The lowest BCUT2D eigenvalue weighted by molar-refractivity contribution is 0.101. The van der Waals surface area contributed by atoms with Gasteiger partial charge in [-0.1, -0.05) is 71.3 Å². The lowest BCUT2D eigenvalue weighted by atomic mass is 10.2. The van der Waals surface area contributed by atoms with Gasteiger partial charge in [-0.15, -0.1) is 0 Å². The zero-order chi connectivity index (χ0) is 39.2. The molecule has 0 spiro atoms. The highest BCUT2D eigenvalue weighted by molar-refractivity contribution is 6.05. The van der Waals surface area contributed by atoms with E-state index in [1.807, 2.05) is 48.5 Å². The number of amides is 2. The van der Waals surface area contributed by atoms with Crippen molar-refractivity contribution in [3.63, 3.8) is 0 Å². The first-order valence-electron chi connectivity index (χ1n) is 19.8. The summed E-state index contributed by atoms with van der Waals surface area (Å²) in [5.74, 6) is 1.68. The lowest BCUT2D eigenvalue weighted by Crippen LogP contribution is -2.15. The lowest BCUT2D eigenvalue weighted by Gasteiger charge is -2.08. The van der Waals surface area contributed by atoms with Gasteiger partial charge in [0.25, 0.3) is 11.8 Å². The molecule has 0 saturated carbocycles. The largest absolute Gasteiger partial charge is 0.494 e. The van der Waals surface area contributed by atoms with Crippen molar-refractivity contribution in [3.8, 4) is 11.5 Å². The topological polar surface area (TPSA) is 114 Å². The smallest absolute Gasteiger partial charge is 0.256 e. The van der Waals surface area contributed by atoms with Crippen LogP contribution in [0.4, 0.5) is 23.0 Å². The third kappa shape index (κ3) is 14.3. The molecule has 0 bridgehead atoms. The van der Waals surface area contributed by atoms with Crippen molar-refractivity contribution in [2.24, 2.45) is 9.98 Å². The average molecular weight is 752 g/mol. The molecule has 0 aliphatic carbocycles. The number of unbranched alkanes of at least 4 members (excludes halogenated alkanes) is 8. The Hall–Kier alpha value is -6.09. The molecule has 290 valence electrons. The number of carbonyl (C=O) groups is 2. The normalized spacial score (nSPS) is 11.2. The third-order valence-corrected chi connectivity index (χ3v) is 9.01. The molecule has 9 heteroatoms. The van der Waals surface area contributed by atoms with Crippen LogP contribution < -0.4 is 20.1 Å². The van der Waals surface area contributed by atoms with E-state index in [-0.39, 0.29) is 11.8 Å². The Morgan fingerprint density at radius 1 is 0.518 bits per heavy atom. The number of pyridine rings is 1. The van der Waals surface area contributed by atoms with Gasteiger partial charge in [-0.3, -0.25) is 19.6 Å². The molecule has 4 aromatic carbocycles. The summed E-state index contributed by atoms with van der Waals surface area (Å²) in [4.78, 5) is 39.5. The van der Waals surface area contributed by atoms with Gasteiger partial charge in [0.1, 0.15) is 23.1 Å². The zero-order valence-electron chi connectivity index (χ0n) is 32.6. The fraction of sp³-hybridized carbons (Fsp3) is 0.298. The molecule has 0 unspecified atom stereocenters. The van der Waals surface area contributed by atoms with Gasteiger partial charge in [0.15, 0.2) is 0 Å². The number of aliphatic imine (C=N–C) groups is 2. The van der Waals surface area contributed by atoms with Gasteiger partial charge in [0, 0.05) is 23.6 Å². The van der Waals surface area contributed by atoms with E-state index in [0.717, 1.165) is 60.1 Å². The summed E-state index contributed by atoms with van der Waals surface area (Å²) in [6.07, 6.45) is 15.7. The number of hydrogen-bond acceptors (Lipinski definition) is 7. The van der Waals surface area contributed by atoms with E-state index in [9.17, 15) is 9.59 Å². The first-order valence-corrected chi connectivity index (χ1v) is 19.8. The molecule has 0 aliphatic rings. The quantitative estimate of drug-likeness (QED) is 0.0540. The van der Waals surface area contributed by atoms with Crippen molar-refractivity contribution < 1.29 is 19.1 Å².